The van der Waals surface area contributed by atoms with Crippen LogP contribution in [-0.2, 0) is 5.41 Å². The van der Waals surface area contributed by atoms with Gasteiger partial charge in [-0.1, -0.05) is 19.9 Å². The number of hydrogen-bond acceptors (Lipinski definition) is 5. The van der Waals surface area contributed by atoms with Crippen molar-refractivity contribution < 1.29 is 8.78 Å². The largest absolute Gasteiger partial charge is 0.240 e. The Morgan fingerprint density at radius 2 is 1.90 bits per heavy atom. The van der Waals surface area contributed by atoms with Crippen LogP contribution in [-0.4, -0.2) is 20.2 Å². The van der Waals surface area contributed by atoms with E-state index in [4.69, 9.17) is 0 Å². The molecule has 0 aliphatic heterocycles. The average Bonchev–Trinajstić information content (AvgIpc) is 3.09. The lowest BCUT2D eigenvalue weighted by atomic mass is 9.67. The van der Waals surface area contributed by atoms with Crippen LogP contribution >= 0.6 is 0 Å². The van der Waals surface area contributed by atoms with Gasteiger partial charge in [-0.05, 0) is 54.0 Å². The topological polar surface area (TPSA) is 75.3 Å². The number of nitriles is 1. The van der Waals surface area contributed by atoms with Gasteiger partial charge < -0.3 is 0 Å². The molecule has 0 radical (unpaired) electrons. The summed E-state index contributed by atoms with van der Waals surface area (Å²) in [4.78, 5) is 8.98. The zero-order valence-electron chi connectivity index (χ0n) is 15.9. The van der Waals surface area contributed by atoms with Gasteiger partial charge in [0.25, 0.3) is 0 Å². The molecular weight excluding hydrogens is 372 g/mol. The lowest BCUT2D eigenvalue weighted by molar-refractivity contribution is 0.237. The maximum atomic E-state index is 14.3. The van der Waals surface area contributed by atoms with E-state index in [2.05, 4.69) is 40.1 Å². The van der Waals surface area contributed by atoms with Crippen molar-refractivity contribution in [2.45, 2.75) is 38.0 Å². The van der Waals surface area contributed by atoms with Crippen molar-refractivity contribution in [1.82, 2.24) is 20.2 Å². The summed E-state index contributed by atoms with van der Waals surface area (Å²) in [6.45, 7) is 4.27. The van der Waals surface area contributed by atoms with Gasteiger partial charge >= 0.3 is 0 Å². The van der Waals surface area contributed by atoms with Crippen LogP contribution in [0.3, 0.4) is 0 Å². The zero-order chi connectivity index (χ0) is 20.4. The van der Waals surface area contributed by atoms with E-state index in [-0.39, 0.29) is 22.6 Å². The fourth-order valence-corrected chi connectivity index (χ4v) is 5.31. The third-order valence-corrected chi connectivity index (χ3v) is 6.75. The molecule has 5 rings (SSSR count). The molecule has 1 fully saturated rings. The third-order valence-electron chi connectivity index (χ3n) is 6.75. The molecule has 0 saturated heterocycles. The first-order valence-corrected chi connectivity index (χ1v) is 9.46. The van der Waals surface area contributed by atoms with Crippen LogP contribution in [0.2, 0.25) is 0 Å². The average molecular weight is 389 g/mol. The molecule has 144 valence electrons. The minimum atomic E-state index is -0.665. The number of benzene rings is 1. The molecule has 2 bridgehead atoms. The molecule has 0 spiro atoms. The van der Waals surface area contributed by atoms with Crippen LogP contribution in [0.15, 0.2) is 36.5 Å². The number of halogens is 2. The van der Waals surface area contributed by atoms with Crippen molar-refractivity contribution in [3.05, 3.63) is 70.9 Å². The van der Waals surface area contributed by atoms with Gasteiger partial charge in [0.1, 0.15) is 29.2 Å². The van der Waals surface area contributed by atoms with E-state index in [0.29, 0.717) is 11.5 Å². The fraction of sp³-hybridized carbons (Fsp3) is 0.318. The minimum Gasteiger partial charge on any atom is -0.240 e. The Morgan fingerprint density at radius 3 is 2.62 bits per heavy atom. The molecule has 2 aromatic heterocycles. The second kappa shape index (κ2) is 5.86. The van der Waals surface area contributed by atoms with E-state index >= 15 is 0 Å². The van der Waals surface area contributed by atoms with E-state index < -0.39 is 17.0 Å². The Bertz CT molecular complexity index is 1180. The second-order valence-electron chi connectivity index (χ2n) is 8.23. The van der Waals surface area contributed by atoms with Gasteiger partial charge in [-0.15, -0.1) is 5.10 Å². The van der Waals surface area contributed by atoms with E-state index in [0.717, 1.165) is 24.1 Å². The Kier molecular flexibility index (Phi) is 3.60. The summed E-state index contributed by atoms with van der Waals surface area (Å²) >= 11 is 0. The Morgan fingerprint density at radius 1 is 1.14 bits per heavy atom. The van der Waals surface area contributed by atoms with E-state index in [1.54, 1.807) is 18.3 Å². The molecule has 29 heavy (non-hydrogen) atoms. The Labute approximate surface area is 166 Å². The van der Waals surface area contributed by atoms with Crippen LogP contribution in [0.1, 0.15) is 55.4 Å². The SMILES string of the molecule is CC1(C)[C@H]2CC[C@]1(c1nccc(C#N)n1)c1nnc(-c3c(F)cccc3F)cc12. The van der Waals surface area contributed by atoms with Crippen molar-refractivity contribution in [2.75, 3.05) is 0 Å². The number of hydrogen-bond donors (Lipinski definition) is 0. The van der Waals surface area contributed by atoms with Gasteiger partial charge in [-0.3, -0.25) is 0 Å². The lowest BCUT2D eigenvalue weighted by Gasteiger charge is -2.36. The first kappa shape index (κ1) is 17.8. The van der Waals surface area contributed by atoms with Crippen LogP contribution in [0, 0.1) is 28.4 Å². The van der Waals surface area contributed by atoms with Crippen molar-refractivity contribution in [3.63, 3.8) is 0 Å². The monoisotopic (exact) mass is 389 g/mol. The highest BCUT2D eigenvalue weighted by Crippen LogP contribution is 2.69. The molecule has 7 heteroatoms. The molecular formula is C22H17F2N5. The van der Waals surface area contributed by atoms with Crippen LogP contribution in [0.4, 0.5) is 8.78 Å². The molecule has 0 amide bonds. The Hall–Kier alpha value is -3.27. The van der Waals surface area contributed by atoms with E-state index in [1.807, 2.05) is 0 Å². The second-order valence-corrected chi connectivity index (χ2v) is 8.23. The molecule has 3 aromatic rings. The summed E-state index contributed by atoms with van der Waals surface area (Å²) in [5.41, 5.74) is 1.14. The first-order valence-electron chi connectivity index (χ1n) is 9.46. The maximum absolute atomic E-state index is 14.3. The Balaban J connectivity index is 1.74. The standard InChI is InChI=1S/C22H17F2N5/c1-21(2)14-6-8-22(21,20-26-9-7-12(11-25)27-20)19-13(14)10-17(28-29-19)18-15(23)4-3-5-16(18)24/h3-5,7,9-10,14H,6,8H2,1-2H3/t14-,22+/m0/s1. The van der Waals surface area contributed by atoms with E-state index in [1.165, 1.54) is 18.2 Å². The molecule has 5 nitrogen and oxygen atoms in total. The predicted molar refractivity (Wildman–Crippen MR) is 101 cm³/mol. The fourth-order valence-electron chi connectivity index (χ4n) is 5.31. The number of aromatic nitrogens is 4. The molecule has 1 saturated carbocycles. The third kappa shape index (κ3) is 2.17. The molecule has 1 aromatic carbocycles. The van der Waals surface area contributed by atoms with Gasteiger partial charge in [-0.2, -0.15) is 10.4 Å². The molecule has 2 heterocycles. The van der Waals surface area contributed by atoms with Gasteiger partial charge in [0.15, 0.2) is 0 Å². The van der Waals surface area contributed by atoms with Crippen molar-refractivity contribution >= 4 is 0 Å². The van der Waals surface area contributed by atoms with Crippen LogP contribution < -0.4 is 0 Å². The number of rotatable bonds is 2. The minimum absolute atomic E-state index is 0.135. The number of fused-ring (bicyclic) bond motifs is 5. The molecule has 2 aliphatic carbocycles. The number of nitrogens with zero attached hydrogens (tertiary/aromatic N) is 5. The predicted octanol–water partition coefficient (Wildman–Crippen LogP) is 4.29. The highest BCUT2D eigenvalue weighted by Gasteiger charge is 2.65. The molecule has 2 atom stereocenters. The van der Waals surface area contributed by atoms with Gasteiger partial charge in [0.2, 0.25) is 0 Å². The zero-order valence-corrected chi connectivity index (χ0v) is 15.9. The normalized spacial score (nSPS) is 23.6. The van der Waals surface area contributed by atoms with E-state index in [9.17, 15) is 14.0 Å². The van der Waals surface area contributed by atoms with Gasteiger partial charge in [-0.25, -0.2) is 18.7 Å². The van der Waals surface area contributed by atoms with Crippen molar-refractivity contribution in [2.24, 2.45) is 5.41 Å². The summed E-state index contributed by atoms with van der Waals surface area (Å²) in [5.74, 6) is -0.638. The summed E-state index contributed by atoms with van der Waals surface area (Å²) in [5, 5.41) is 17.9. The summed E-state index contributed by atoms with van der Waals surface area (Å²) in [6, 6.07) is 9.16. The van der Waals surface area contributed by atoms with Crippen LogP contribution in [0.25, 0.3) is 11.3 Å². The maximum Gasteiger partial charge on any atom is 0.144 e. The van der Waals surface area contributed by atoms with Crippen molar-refractivity contribution in [3.8, 4) is 17.3 Å². The quantitative estimate of drug-likeness (QED) is 0.654. The molecule has 0 N–H and O–H groups in total. The van der Waals surface area contributed by atoms with Crippen LogP contribution in [0.5, 0.6) is 0 Å². The summed E-state index contributed by atoms with van der Waals surface area (Å²) in [6.07, 6.45) is 3.26. The molecule has 0 unspecified atom stereocenters. The van der Waals surface area contributed by atoms with Gasteiger partial charge in [0.05, 0.1) is 22.4 Å². The lowest BCUT2D eigenvalue weighted by Crippen LogP contribution is -2.38. The smallest absolute Gasteiger partial charge is 0.144 e. The summed E-state index contributed by atoms with van der Waals surface area (Å²) in [7, 11) is 0. The highest BCUT2D eigenvalue weighted by atomic mass is 19.1. The van der Waals surface area contributed by atoms with Crippen molar-refractivity contribution in [1.29, 1.82) is 5.26 Å². The molecule has 2 aliphatic rings. The summed E-state index contributed by atoms with van der Waals surface area (Å²) < 4.78 is 28.6. The van der Waals surface area contributed by atoms with Gasteiger partial charge in [0, 0.05) is 6.20 Å². The first-order chi connectivity index (χ1) is 13.9. The highest BCUT2D eigenvalue weighted by molar-refractivity contribution is 5.63.